The van der Waals surface area contributed by atoms with Gasteiger partial charge in [-0.05, 0) is 70.0 Å². The number of likely N-dealkylation sites (tertiary alicyclic amines) is 1. The SMILES string of the molecule is COc1ccc(C(=O)CCCCC(=O)NC(C)CN2CCCC2)cc1. The number of nitrogens with one attached hydrogen (secondary N) is 1. The van der Waals surface area contributed by atoms with Crippen molar-refractivity contribution < 1.29 is 14.3 Å². The normalized spacial score (nSPS) is 15.8. The first-order valence-electron chi connectivity index (χ1n) is 9.27. The quantitative estimate of drug-likeness (QED) is 0.522. The van der Waals surface area contributed by atoms with E-state index >= 15 is 0 Å². The summed E-state index contributed by atoms with van der Waals surface area (Å²) in [5.74, 6) is 0.949. The molecule has 1 unspecified atom stereocenters. The van der Waals surface area contributed by atoms with Gasteiger partial charge in [-0.15, -0.1) is 0 Å². The minimum Gasteiger partial charge on any atom is -0.497 e. The second kappa shape index (κ2) is 10.2. The third-order valence-corrected chi connectivity index (χ3v) is 4.61. The predicted molar refractivity (Wildman–Crippen MR) is 99.1 cm³/mol. The summed E-state index contributed by atoms with van der Waals surface area (Å²) in [6, 6.07) is 7.35. The van der Waals surface area contributed by atoms with Gasteiger partial charge in [0.05, 0.1) is 7.11 Å². The lowest BCUT2D eigenvalue weighted by molar-refractivity contribution is -0.121. The number of Topliss-reactive ketones (excluding diaryl/α,β-unsaturated/α-hetero) is 1. The van der Waals surface area contributed by atoms with Crippen molar-refractivity contribution in [1.82, 2.24) is 10.2 Å². The van der Waals surface area contributed by atoms with Crippen LogP contribution in [0.2, 0.25) is 0 Å². The van der Waals surface area contributed by atoms with Crippen molar-refractivity contribution in [2.24, 2.45) is 0 Å². The van der Waals surface area contributed by atoms with E-state index in [4.69, 9.17) is 4.74 Å². The van der Waals surface area contributed by atoms with Gasteiger partial charge in [-0.1, -0.05) is 0 Å². The van der Waals surface area contributed by atoms with Crippen molar-refractivity contribution in [1.29, 1.82) is 0 Å². The Balaban J connectivity index is 1.59. The molecule has 0 aromatic heterocycles. The summed E-state index contributed by atoms with van der Waals surface area (Å²) >= 11 is 0. The summed E-state index contributed by atoms with van der Waals surface area (Å²) in [6.07, 6.45) is 4.97. The number of amides is 1. The van der Waals surface area contributed by atoms with Crippen LogP contribution < -0.4 is 10.1 Å². The highest BCUT2D eigenvalue weighted by Gasteiger charge is 2.15. The fourth-order valence-corrected chi connectivity index (χ4v) is 3.24. The largest absolute Gasteiger partial charge is 0.497 e. The van der Waals surface area contributed by atoms with E-state index in [0.29, 0.717) is 18.4 Å². The summed E-state index contributed by atoms with van der Waals surface area (Å²) in [5, 5.41) is 3.06. The fraction of sp³-hybridized carbons (Fsp3) is 0.600. The van der Waals surface area contributed by atoms with Crippen molar-refractivity contribution in [3.05, 3.63) is 29.8 Å². The molecule has 138 valence electrons. The zero-order valence-corrected chi connectivity index (χ0v) is 15.4. The summed E-state index contributed by atoms with van der Waals surface area (Å²) in [6.45, 7) is 5.28. The van der Waals surface area contributed by atoms with Crippen molar-refractivity contribution in [3.8, 4) is 5.75 Å². The molecular weight excluding hydrogens is 316 g/mol. The van der Waals surface area contributed by atoms with E-state index in [9.17, 15) is 9.59 Å². The number of hydrogen-bond acceptors (Lipinski definition) is 4. The molecule has 1 fully saturated rings. The van der Waals surface area contributed by atoms with Gasteiger partial charge < -0.3 is 15.0 Å². The molecule has 5 nitrogen and oxygen atoms in total. The minimum atomic E-state index is 0.0867. The van der Waals surface area contributed by atoms with E-state index in [-0.39, 0.29) is 17.7 Å². The van der Waals surface area contributed by atoms with Crippen molar-refractivity contribution >= 4 is 11.7 Å². The minimum absolute atomic E-state index is 0.0867. The van der Waals surface area contributed by atoms with Gasteiger partial charge in [0.15, 0.2) is 5.78 Å². The number of rotatable bonds is 10. The number of benzene rings is 1. The maximum atomic E-state index is 12.1. The molecule has 1 amide bonds. The Labute approximate surface area is 150 Å². The van der Waals surface area contributed by atoms with Crippen LogP contribution in [0.3, 0.4) is 0 Å². The lowest BCUT2D eigenvalue weighted by Crippen LogP contribution is -2.40. The van der Waals surface area contributed by atoms with Gasteiger partial charge in [-0.25, -0.2) is 0 Å². The van der Waals surface area contributed by atoms with Gasteiger partial charge in [0.2, 0.25) is 5.91 Å². The summed E-state index contributed by atoms with van der Waals surface area (Å²) in [5.41, 5.74) is 0.699. The zero-order valence-electron chi connectivity index (χ0n) is 15.4. The Morgan fingerprint density at radius 1 is 1.12 bits per heavy atom. The number of methoxy groups -OCH3 is 1. The van der Waals surface area contributed by atoms with E-state index in [1.165, 1.54) is 12.8 Å². The van der Waals surface area contributed by atoms with E-state index < -0.39 is 0 Å². The van der Waals surface area contributed by atoms with Crippen molar-refractivity contribution in [2.45, 2.75) is 51.5 Å². The third-order valence-electron chi connectivity index (χ3n) is 4.61. The predicted octanol–water partition coefficient (Wildman–Crippen LogP) is 3.04. The van der Waals surface area contributed by atoms with Gasteiger partial charge >= 0.3 is 0 Å². The average Bonchev–Trinajstić information content (AvgIpc) is 3.11. The topological polar surface area (TPSA) is 58.6 Å². The van der Waals surface area contributed by atoms with Gasteiger partial charge in [-0.3, -0.25) is 9.59 Å². The van der Waals surface area contributed by atoms with Gasteiger partial charge in [0.1, 0.15) is 5.75 Å². The number of carbonyl (C=O) groups excluding carboxylic acids is 2. The molecule has 1 aromatic rings. The smallest absolute Gasteiger partial charge is 0.220 e. The Kier molecular flexibility index (Phi) is 7.92. The number of nitrogens with zero attached hydrogens (tertiary/aromatic N) is 1. The molecule has 0 spiro atoms. The van der Waals surface area contributed by atoms with E-state index in [2.05, 4.69) is 17.1 Å². The molecule has 1 aliphatic heterocycles. The van der Waals surface area contributed by atoms with Crippen molar-refractivity contribution in [2.75, 3.05) is 26.7 Å². The standard InChI is InChI=1S/C20H30N2O3/c1-16(15-22-13-5-6-14-22)21-20(24)8-4-3-7-19(23)17-9-11-18(25-2)12-10-17/h9-12,16H,3-8,13-15H2,1-2H3,(H,21,24). The second-order valence-corrected chi connectivity index (χ2v) is 6.84. The molecule has 2 rings (SSSR count). The van der Waals surface area contributed by atoms with Crippen LogP contribution in [0.4, 0.5) is 0 Å². The molecule has 0 bridgehead atoms. The highest BCUT2D eigenvalue weighted by Crippen LogP contribution is 2.14. The highest BCUT2D eigenvalue weighted by atomic mass is 16.5. The Morgan fingerprint density at radius 3 is 2.40 bits per heavy atom. The first-order chi connectivity index (χ1) is 12.1. The molecule has 1 aromatic carbocycles. The maximum absolute atomic E-state index is 12.1. The van der Waals surface area contributed by atoms with E-state index in [0.717, 1.165) is 38.2 Å². The van der Waals surface area contributed by atoms with Gasteiger partial charge in [0.25, 0.3) is 0 Å². The summed E-state index contributed by atoms with van der Waals surface area (Å²) in [7, 11) is 1.61. The molecule has 5 heteroatoms. The van der Waals surface area contributed by atoms with Gasteiger partial charge in [-0.2, -0.15) is 0 Å². The van der Waals surface area contributed by atoms with E-state index in [1.54, 1.807) is 31.4 Å². The summed E-state index contributed by atoms with van der Waals surface area (Å²) in [4.78, 5) is 26.5. The molecule has 0 radical (unpaired) electrons. The molecular formula is C20H30N2O3. The highest BCUT2D eigenvalue weighted by molar-refractivity contribution is 5.96. The second-order valence-electron chi connectivity index (χ2n) is 6.84. The fourth-order valence-electron chi connectivity index (χ4n) is 3.24. The average molecular weight is 346 g/mol. The molecule has 25 heavy (non-hydrogen) atoms. The Morgan fingerprint density at radius 2 is 1.76 bits per heavy atom. The van der Waals surface area contributed by atoms with Crippen LogP contribution in [-0.2, 0) is 4.79 Å². The number of unbranched alkanes of at least 4 members (excludes halogenated alkanes) is 1. The van der Waals surface area contributed by atoms with Crippen LogP contribution >= 0.6 is 0 Å². The molecule has 1 N–H and O–H groups in total. The maximum Gasteiger partial charge on any atom is 0.220 e. The Hall–Kier alpha value is -1.88. The van der Waals surface area contributed by atoms with Gasteiger partial charge in [0, 0.05) is 31.0 Å². The molecule has 1 heterocycles. The lowest BCUT2D eigenvalue weighted by atomic mass is 10.0. The Bertz CT molecular complexity index is 551. The van der Waals surface area contributed by atoms with Crippen LogP contribution in [-0.4, -0.2) is 49.4 Å². The zero-order chi connectivity index (χ0) is 18.1. The molecule has 1 aliphatic rings. The van der Waals surface area contributed by atoms with Crippen LogP contribution in [0.25, 0.3) is 0 Å². The molecule has 0 saturated carbocycles. The lowest BCUT2D eigenvalue weighted by Gasteiger charge is -2.21. The monoisotopic (exact) mass is 346 g/mol. The molecule has 1 saturated heterocycles. The number of hydrogen-bond donors (Lipinski definition) is 1. The molecule has 1 atom stereocenters. The number of ether oxygens (including phenoxy) is 1. The van der Waals surface area contributed by atoms with Crippen LogP contribution in [0.1, 0.15) is 55.8 Å². The van der Waals surface area contributed by atoms with Crippen LogP contribution in [0.15, 0.2) is 24.3 Å². The number of ketones is 1. The molecule has 0 aliphatic carbocycles. The first kappa shape index (κ1) is 19.4. The third kappa shape index (κ3) is 6.86. The summed E-state index contributed by atoms with van der Waals surface area (Å²) < 4.78 is 5.09. The van der Waals surface area contributed by atoms with Crippen molar-refractivity contribution in [3.63, 3.8) is 0 Å². The van der Waals surface area contributed by atoms with Crippen LogP contribution in [0.5, 0.6) is 5.75 Å². The van der Waals surface area contributed by atoms with E-state index in [1.807, 2.05) is 0 Å². The van der Waals surface area contributed by atoms with Crippen LogP contribution in [0, 0.1) is 0 Å². The number of carbonyl (C=O) groups is 2. The first-order valence-corrected chi connectivity index (χ1v) is 9.27.